The molecule has 2 aromatic rings. The van der Waals surface area contributed by atoms with Crippen LogP contribution in [0.5, 0.6) is 23.0 Å². The fourth-order valence-electron chi connectivity index (χ4n) is 6.15. The van der Waals surface area contributed by atoms with E-state index in [0.29, 0.717) is 48.9 Å². The predicted molar refractivity (Wildman–Crippen MR) is 175 cm³/mol. The zero-order valence-electron chi connectivity index (χ0n) is 28.9. The second kappa shape index (κ2) is 14.8. The molecule has 4 atom stereocenters. The highest BCUT2D eigenvalue weighted by Gasteiger charge is 2.44. The van der Waals surface area contributed by atoms with Crippen LogP contribution in [0.4, 0.5) is 0 Å². The van der Waals surface area contributed by atoms with Crippen molar-refractivity contribution in [1.82, 2.24) is 9.80 Å². The third-order valence-corrected chi connectivity index (χ3v) is 9.59. The van der Waals surface area contributed by atoms with E-state index >= 15 is 0 Å². The van der Waals surface area contributed by atoms with Gasteiger partial charge in [-0.15, -0.1) is 0 Å². The first-order chi connectivity index (χ1) is 21.8. The number of carbonyl (C=O) groups excluding carboxylic acids is 2. The molecule has 0 spiro atoms. The van der Waals surface area contributed by atoms with E-state index in [1.165, 1.54) is 0 Å². The van der Waals surface area contributed by atoms with E-state index in [0.717, 1.165) is 35.1 Å². The SMILES string of the molecule is CC[C@H](C)C(=O)N1CCc2cc(OC)c(OC)cc2[C@@]1(C)C#N.CC[C@H](C)C(=O)N1CCc2cc(OC)c(OC)cc2[C@]1(C)C#N. The largest absolute Gasteiger partial charge is 0.493 e. The summed E-state index contributed by atoms with van der Waals surface area (Å²) in [5.74, 6) is 2.31. The van der Waals surface area contributed by atoms with Gasteiger partial charge >= 0.3 is 0 Å². The van der Waals surface area contributed by atoms with Crippen LogP contribution in [0.2, 0.25) is 0 Å². The van der Waals surface area contributed by atoms with Crippen molar-refractivity contribution in [3.63, 3.8) is 0 Å². The summed E-state index contributed by atoms with van der Waals surface area (Å²) < 4.78 is 21.4. The Morgan fingerprint density at radius 2 is 1.00 bits per heavy atom. The fraction of sp³-hybridized carbons (Fsp3) is 0.556. The minimum atomic E-state index is -0.992. The summed E-state index contributed by atoms with van der Waals surface area (Å²) in [6.45, 7) is 12.5. The monoisotopic (exact) mass is 632 g/mol. The second-order valence-corrected chi connectivity index (χ2v) is 12.2. The van der Waals surface area contributed by atoms with Gasteiger partial charge in [-0.2, -0.15) is 10.5 Å². The average Bonchev–Trinajstić information content (AvgIpc) is 3.09. The Morgan fingerprint density at radius 3 is 1.26 bits per heavy atom. The number of hydrogen-bond donors (Lipinski definition) is 0. The van der Waals surface area contributed by atoms with Crippen molar-refractivity contribution in [1.29, 1.82) is 10.5 Å². The molecule has 2 aliphatic rings. The Morgan fingerprint density at radius 1 is 0.696 bits per heavy atom. The summed E-state index contributed by atoms with van der Waals surface area (Å²) >= 11 is 0. The van der Waals surface area contributed by atoms with Crippen LogP contribution in [0.25, 0.3) is 0 Å². The normalized spacial score (nSPS) is 21.1. The van der Waals surface area contributed by atoms with Gasteiger partial charge < -0.3 is 28.7 Å². The molecular formula is C36H48N4O6. The van der Waals surface area contributed by atoms with E-state index in [1.807, 2.05) is 52.0 Å². The number of ether oxygens (including phenoxy) is 4. The summed E-state index contributed by atoms with van der Waals surface area (Å²) in [5, 5.41) is 19.7. The number of carbonyl (C=O) groups is 2. The van der Waals surface area contributed by atoms with Crippen molar-refractivity contribution < 1.29 is 28.5 Å². The number of hydrogen-bond acceptors (Lipinski definition) is 8. The van der Waals surface area contributed by atoms with E-state index in [4.69, 9.17) is 18.9 Å². The lowest BCUT2D eigenvalue weighted by molar-refractivity contribution is -0.141. The molecule has 46 heavy (non-hydrogen) atoms. The van der Waals surface area contributed by atoms with E-state index in [1.54, 1.807) is 52.1 Å². The lowest BCUT2D eigenvalue weighted by Gasteiger charge is -2.42. The van der Waals surface area contributed by atoms with Gasteiger partial charge in [0, 0.05) is 24.9 Å². The number of nitrogens with zero attached hydrogens (tertiary/aromatic N) is 4. The Hall–Kier alpha value is -4.44. The molecule has 0 aliphatic carbocycles. The van der Waals surface area contributed by atoms with Crippen molar-refractivity contribution in [3.05, 3.63) is 46.5 Å². The molecule has 2 amide bonds. The van der Waals surface area contributed by atoms with Crippen LogP contribution in [0.3, 0.4) is 0 Å². The van der Waals surface area contributed by atoms with Crippen molar-refractivity contribution >= 4 is 11.8 Å². The van der Waals surface area contributed by atoms with Crippen LogP contribution >= 0.6 is 0 Å². The van der Waals surface area contributed by atoms with Crippen molar-refractivity contribution in [2.45, 2.75) is 78.3 Å². The summed E-state index contributed by atoms with van der Waals surface area (Å²) in [6, 6.07) is 12.2. The van der Waals surface area contributed by atoms with Gasteiger partial charge in [-0.25, -0.2) is 0 Å². The molecule has 0 N–H and O–H groups in total. The quantitative estimate of drug-likeness (QED) is 0.361. The first-order valence-corrected chi connectivity index (χ1v) is 15.8. The molecule has 10 heteroatoms. The van der Waals surface area contributed by atoms with Gasteiger partial charge in [0.15, 0.2) is 34.1 Å². The average molecular weight is 633 g/mol. The highest BCUT2D eigenvalue weighted by atomic mass is 16.5. The fourth-order valence-corrected chi connectivity index (χ4v) is 6.15. The van der Waals surface area contributed by atoms with Crippen LogP contribution in [-0.2, 0) is 33.5 Å². The molecule has 248 valence electrons. The maximum atomic E-state index is 12.7. The molecule has 0 aromatic heterocycles. The molecule has 2 aromatic carbocycles. The highest BCUT2D eigenvalue weighted by molar-refractivity contribution is 5.81. The van der Waals surface area contributed by atoms with Gasteiger partial charge in [0.1, 0.15) is 0 Å². The van der Waals surface area contributed by atoms with Crippen LogP contribution in [0.1, 0.15) is 76.6 Å². The van der Waals surface area contributed by atoms with Gasteiger partial charge in [-0.1, -0.05) is 27.7 Å². The number of methoxy groups -OCH3 is 4. The maximum Gasteiger partial charge on any atom is 0.226 e. The lowest BCUT2D eigenvalue weighted by atomic mass is 9.81. The second-order valence-electron chi connectivity index (χ2n) is 12.2. The summed E-state index contributed by atoms with van der Waals surface area (Å²) in [4.78, 5) is 28.8. The van der Waals surface area contributed by atoms with E-state index in [-0.39, 0.29) is 23.7 Å². The van der Waals surface area contributed by atoms with E-state index < -0.39 is 11.1 Å². The molecule has 0 saturated carbocycles. The molecule has 2 heterocycles. The Bertz CT molecular complexity index is 1410. The summed E-state index contributed by atoms with van der Waals surface area (Å²) in [7, 11) is 6.32. The van der Waals surface area contributed by atoms with Gasteiger partial charge in [0.2, 0.25) is 11.8 Å². The van der Waals surface area contributed by atoms with Gasteiger partial charge in [-0.3, -0.25) is 9.59 Å². The van der Waals surface area contributed by atoms with Crippen LogP contribution in [-0.4, -0.2) is 63.1 Å². The van der Waals surface area contributed by atoms with Crippen molar-refractivity contribution in [2.24, 2.45) is 11.8 Å². The molecule has 0 bridgehead atoms. The molecule has 0 fully saturated rings. The Kier molecular flexibility index (Phi) is 11.6. The zero-order chi connectivity index (χ0) is 34.4. The van der Waals surface area contributed by atoms with Crippen LogP contribution in [0, 0.1) is 34.5 Å². The summed E-state index contributed by atoms with van der Waals surface area (Å²) in [5.41, 5.74) is 1.71. The van der Waals surface area contributed by atoms with Gasteiger partial charge in [-0.05, 0) is 86.1 Å². The topological polar surface area (TPSA) is 125 Å². The zero-order valence-corrected chi connectivity index (χ0v) is 28.9. The van der Waals surface area contributed by atoms with Gasteiger partial charge in [0.25, 0.3) is 0 Å². The molecule has 4 rings (SSSR count). The molecule has 0 saturated heterocycles. The third-order valence-electron chi connectivity index (χ3n) is 9.59. The van der Waals surface area contributed by atoms with Crippen LogP contribution < -0.4 is 18.9 Å². The number of amides is 2. The Labute approximate surface area is 273 Å². The molecule has 10 nitrogen and oxygen atoms in total. The molecule has 0 radical (unpaired) electrons. The summed E-state index contributed by atoms with van der Waals surface area (Å²) in [6.07, 6.45) is 2.93. The standard InChI is InChI=1S/2C18H24N2O3/c2*1-6-12(2)17(21)20-8-7-13-9-15(22-4)16(23-5)10-14(13)18(20,3)11-19/h2*9-10,12H,6-8H2,1-5H3/t12-,18+;12-,18-/m00/s1. The first-order valence-electron chi connectivity index (χ1n) is 15.8. The minimum absolute atomic E-state index is 0.0250. The molecule has 0 unspecified atom stereocenters. The van der Waals surface area contributed by atoms with E-state index in [9.17, 15) is 20.1 Å². The third kappa shape index (κ3) is 6.44. The van der Waals surface area contributed by atoms with Crippen molar-refractivity contribution in [2.75, 3.05) is 41.5 Å². The molecule has 2 aliphatic heterocycles. The number of nitriles is 2. The number of rotatable bonds is 8. The molecular weight excluding hydrogens is 584 g/mol. The maximum absolute atomic E-state index is 12.7. The highest BCUT2D eigenvalue weighted by Crippen LogP contribution is 2.43. The van der Waals surface area contributed by atoms with Gasteiger partial charge in [0.05, 0.1) is 40.6 Å². The van der Waals surface area contributed by atoms with E-state index in [2.05, 4.69) is 12.1 Å². The lowest BCUT2D eigenvalue weighted by Crippen LogP contribution is -2.52. The first kappa shape index (κ1) is 36.0. The number of fused-ring (bicyclic) bond motifs is 2. The minimum Gasteiger partial charge on any atom is -0.493 e. The Balaban J connectivity index is 0.000000250. The number of benzene rings is 2. The smallest absolute Gasteiger partial charge is 0.226 e. The predicted octanol–water partition coefficient (Wildman–Crippen LogP) is 5.75. The van der Waals surface area contributed by atoms with Crippen LogP contribution in [0.15, 0.2) is 24.3 Å². The van der Waals surface area contributed by atoms with Crippen molar-refractivity contribution in [3.8, 4) is 35.1 Å².